The second-order valence-electron chi connectivity index (χ2n) is 11.6. The van der Waals surface area contributed by atoms with Crippen molar-refractivity contribution in [2.45, 2.75) is 65.7 Å². The van der Waals surface area contributed by atoms with E-state index in [1.165, 1.54) is 0 Å². The molecule has 1 atom stereocenters. The summed E-state index contributed by atoms with van der Waals surface area (Å²) >= 11 is 6.20. The number of nitrogens with one attached hydrogen (secondary N) is 1. The summed E-state index contributed by atoms with van der Waals surface area (Å²) in [6.07, 6.45) is 1.34. The fraction of sp³-hybridized carbons (Fsp3) is 0.400. The fourth-order valence-corrected chi connectivity index (χ4v) is 5.60. The summed E-state index contributed by atoms with van der Waals surface area (Å²) in [5, 5.41) is 9.53. The number of anilines is 1. The van der Waals surface area contributed by atoms with Gasteiger partial charge in [0.2, 0.25) is 0 Å². The number of nitrogens with zero attached hydrogens (tertiary/aromatic N) is 2. The van der Waals surface area contributed by atoms with Crippen molar-refractivity contribution in [1.29, 1.82) is 0 Å². The Kier molecular flexibility index (Phi) is 6.03. The molecule has 2 heterocycles. The highest BCUT2D eigenvalue weighted by Crippen LogP contribution is 2.52. The number of ketones is 1. The number of benzene rings is 2. The van der Waals surface area contributed by atoms with Gasteiger partial charge in [-0.2, -0.15) is 5.10 Å². The Morgan fingerprint density at radius 3 is 2.36 bits per heavy atom. The van der Waals surface area contributed by atoms with Gasteiger partial charge in [-0.1, -0.05) is 58.4 Å². The summed E-state index contributed by atoms with van der Waals surface area (Å²) in [7, 11) is 0. The summed E-state index contributed by atoms with van der Waals surface area (Å²) in [4.78, 5) is 13.7. The molecule has 5 rings (SSSR count). The summed E-state index contributed by atoms with van der Waals surface area (Å²) < 4.78 is 7.68. The number of ether oxygens (including phenoxy) is 1. The summed E-state index contributed by atoms with van der Waals surface area (Å²) in [5.41, 5.74) is 5.56. The zero-order chi connectivity index (χ0) is 25.8. The molecular weight excluding hydrogens is 470 g/mol. The minimum atomic E-state index is -0.234. The van der Waals surface area contributed by atoms with Crippen molar-refractivity contribution in [3.8, 4) is 11.4 Å². The quantitative estimate of drug-likeness (QED) is 0.402. The second kappa shape index (κ2) is 8.81. The van der Waals surface area contributed by atoms with Crippen LogP contribution >= 0.6 is 11.6 Å². The molecule has 0 fully saturated rings. The van der Waals surface area contributed by atoms with E-state index in [-0.39, 0.29) is 22.5 Å². The first-order chi connectivity index (χ1) is 17.0. The van der Waals surface area contributed by atoms with E-state index in [9.17, 15) is 4.79 Å². The minimum Gasteiger partial charge on any atom is -0.494 e. The van der Waals surface area contributed by atoms with Crippen LogP contribution < -0.4 is 10.1 Å². The number of hydrogen-bond acceptors (Lipinski definition) is 4. The molecule has 6 heteroatoms. The molecule has 1 N–H and O–H groups in total. The van der Waals surface area contributed by atoms with E-state index >= 15 is 0 Å². The van der Waals surface area contributed by atoms with Gasteiger partial charge in [-0.15, -0.1) is 0 Å². The van der Waals surface area contributed by atoms with E-state index in [2.05, 4.69) is 52.1 Å². The largest absolute Gasteiger partial charge is 0.494 e. The molecule has 5 nitrogen and oxygen atoms in total. The highest BCUT2D eigenvalue weighted by molar-refractivity contribution is 6.30. The topological polar surface area (TPSA) is 56.1 Å². The van der Waals surface area contributed by atoms with Gasteiger partial charge >= 0.3 is 0 Å². The molecular formula is C30H34ClN3O2. The maximum atomic E-state index is 13.7. The zero-order valence-electron chi connectivity index (χ0n) is 21.9. The third-order valence-electron chi connectivity index (χ3n) is 6.99. The summed E-state index contributed by atoms with van der Waals surface area (Å²) in [6.45, 7) is 13.4. The Morgan fingerprint density at radius 2 is 1.75 bits per heavy atom. The van der Waals surface area contributed by atoms with Crippen LogP contribution in [0.3, 0.4) is 0 Å². The monoisotopic (exact) mass is 503 g/mol. The normalized spacial score (nSPS) is 19.0. The maximum absolute atomic E-state index is 13.7. The number of fused-ring (bicyclic) bond motifs is 1. The van der Waals surface area contributed by atoms with Crippen LogP contribution in [0.5, 0.6) is 5.75 Å². The van der Waals surface area contributed by atoms with Crippen LogP contribution in [-0.2, 0) is 10.2 Å². The fourth-order valence-electron chi connectivity index (χ4n) is 5.47. The third-order valence-corrected chi connectivity index (χ3v) is 7.25. The van der Waals surface area contributed by atoms with Crippen LogP contribution in [0.15, 0.2) is 59.8 Å². The van der Waals surface area contributed by atoms with E-state index in [0.29, 0.717) is 18.1 Å². The zero-order valence-corrected chi connectivity index (χ0v) is 22.7. The highest BCUT2D eigenvalue weighted by Gasteiger charge is 2.44. The van der Waals surface area contributed by atoms with E-state index in [4.69, 9.17) is 21.4 Å². The van der Waals surface area contributed by atoms with E-state index in [0.717, 1.165) is 51.8 Å². The predicted octanol–water partition coefficient (Wildman–Crippen LogP) is 7.42. The van der Waals surface area contributed by atoms with Gasteiger partial charge in [-0.25, -0.2) is 4.68 Å². The first kappa shape index (κ1) is 24.6. The number of hydrogen-bond donors (Lipinski definition) is 1. The molecule has 0 radical (unpaired) electrons. The van der Waals surface area contributed by atoms with Crippen molar-refractivity contribution in [1.82, 2.24) is 9.78 Å². The molecule has 0 spiro atoms. The lowest BCUT2D eigenvalue weighted by Gasteiger charge is -2.39. The molecule has 0 amide bonds. The van der Waals surface area contributed by atoms with Gasteiger partial charge in [0, 0.05) is 39.6 Å². The van der Waals surface area contributed by atoms with E-state index in [1.807, 2.05) is 48.0 Å². The number of halogens is 1. The first-order valence-electron chi connectivity index (χ1n) is 12.6. The van der Waals surface area contributed by atoms with Crippen LogP contribution in [-0.4, -0.2) is 22.2 Å². The number of aromatic nitrogens is 2. The number of Topliss-reactive ketones (excluding diaryl/α,β-unsaturated/α-hetero) is 1. The van der Waals surface area contributed by atoms with Gasteiger partial charge in [-0.3, -0.25) is 4.79 Å². The smallest absolute Gasteiger partial charge is 0.162 e. The van der Waals surface area contributed by atoms with Gasteiger partial charge in [0.1, 0.15) is 11.6 Å². The van der Waals surface area contributed by atoms with Gasteiger partial charge in [0.15, 0.2) is 5.78 Å². The van der Waals surface area contributed by atoms with Gasteiger partial charge in [-0.05, 0) is 60.7 Å². The van der Waals surface area contributed by atoms with Crippen molar-refractivity contribution in [3.05, 3.63) is 81.6 Å². The van der Waals surface area contributed by atoms with Gasteiger partial charge < -0.3 is 10.1 Å². The Morgan fingerprint density at radius 1 is 1.08 bits per heavy atom. The lowest BCUT2D eigenvalue weighted by molar-refractivity contribution is -0.118. The highest BCUT2D eigenvalue weighted by atomic mass is 35.5. The molecule has 1 aromatic heterocycles. The van der Waals surface area contributed by atoms with Crippen molar-refractivity contribution in [2.75, 3.05) is 11.9 Å². The first-order valence-corrected chi connectivity index (χ1v) is 13.0. The molecule has 2 aliphatic rings. The van der Waals surface area contributed by atoms with Crippen molar-refractivity contribution >= 4 is 23.2 Å². The lowest BCUT2D eigenvalue weighted by Crippen LogP contribution is -2.34. The third kappa shape index (κ3) is 4.34. The molecule has 0 saturated carbocycles. The van der Waals surface area contributed by atoms with Gasteiger partial charge in [0.05, 0.1) is 18.0 Å². The standard InChI is InChI=1S/C30H34ClN3O2/c1-7-36-21-14-8-18(9-15-21)24-25-22(16-30(5,6)17-23(25)35)32-28-26(24)27(29(2,3)4)33-34(28)20-12-10-19(31)11-13-20/h8-15,24,32H,7,16-17H2,1-6H3. The van der Waals surface area contributed by atoms with E-state index < -0.39 is 0 Å². The Balaban J connectivity index is 1.78. The number of rotatable bonds is 4. The molecule has 188 valence electrons. The molecule has 1 aliphatic heterocycles. The lowest BCUT2D eigenvalue weighted by atomic mass is 9.68. The Hall–Kier alpha value is -3.05. The molecule has 0 saturated heterocycles. The minimum absolute atomic E-state index is 0.109. The molecule has 0 bridgehead atoms. The van der Waals surface area contributed by atoms with Crippen molar-refractivity contribution in [2.24, 2.45) is 5.41 Å². The SMILES string of the molecule is CCOc1ccc(C2C3=C(CC(C)(C)CC3=O)Nc3c2c(C(C)(C)C)nn3-c2ccc(Cl)cc2)cc1. The molecule has 3 aromatic rings. The summed E-state index contributed by atoms with van der Waals surface area (Å²) in [6, 6.07) is 15.9. The van der Waals surface area contributed by atoms with Crippen LogP contribution in [0.25, 0.3) is 5.69 Å². The maximum Gasteiger partial charge on any atom is 0.162 e. The van der Waals surface area contributed by atoms with Crippen molar-refractivity contribution < 1.29 is 9.53 Å². The summed E-state index contributed by atoms with van der Waals surface area (Å²) in [5.74, 6) is 1.75. The molecule has 1 unspecified atom stereocenters. The molecule has 2 aromatic carbocycles. The molecule has 36 heavy (non-hydrogen) atoms. The second-order valence-corrected chi connectivity index (χ2v) is 12.1. The van der Waals surface area contributed by atoms with Gasteiger partial charge in [0.25, 0.3) is 0 Å². The molecule has 1 aliphatic carbocycles. The van der Waals surface area contributed by atoms with Crippen LogP contribution in [0.4, 0.5) is 5.82 Å². The number of carbonyl (C=O) groups excluding carboxylic acids is 1. The van der Waals surface area contributed by atoms with Crippen molar-refractivity contribution in [3.63, 3.8) is 0 Å². The average molecular weight is 504 g/mol. The Labute approximate surface area is 218 Å². The predicted molar refractivity (Wildman–Crippen MR) is 145 cm³/mol. The number of carbonyl (C=O) groups is 1. The average Bonchev–Trinajstić information content (AvgIpc) is 3.18. The Bertz CT molecular complexity index is 1340. The van der Waals surface area contributed by atoms with Crippen LogP contribution in [0.2, 0.25) is 5.02 Å². The van der Waals surface area contributed by atoms with Crippen LogP contribution in [0, 0.1) is 5.41 Å². The van der Waals surface area contributed by atoms with E-state index in [1.54, 1.807) is 0 Å². The van der Waals surface area contributed by atoms with Crippen LogP contribution in [0.1, 0.15) is 77.1 Å². The number of allylic oxidation sites excluding steroid dienone is 2.